The second-order valence-electron chi connectivity index (χ2n) is 6.28. The van der Waals surface area contributed by atoms with Crippen LogP contribution in [0.1, 0.15) is 40.8 Å². The number of nitrogens with zero attached hydrogens (tertiary/aromatic N) is 2. The van der Waals surface area contributed by atoms with E-state index in [2.05, 4.69) is 15.9 Å². The van der Waals surface area contributed by atoms with Crippen LogP contribution in [0.4, 0.5) is 5.69 Å². The number of anilines is 1. The molecule has 0 saturated carbocycles. The molecule has 8 heteroatoms. The van der Waals surface area contributed by atoms with Gasteiger partial charge in [0.15, 0.2) is 0 Å². The third-order valence-corrected chi connectivity index (χ3v) is 6.20. The summed E-state index contributed by atoms with van der Waals surface area (Å²) in [7, 11) is 0. The average molecular weight is 476 g/mol. The summed E-state index contributed by atoms with van der Waals surface area (Å²) in [4.78, 5) is 32.9. The normalized spacial score (nSPS) is 10.9. The summed E-state index contributed by atoms with van der Waals surface area (Å²) in [5, 5.41) is 0.477. The molecule has 29 heavy (non-hydrogen) atoms. The lowest BCUT2D eigenvalue weighted by molar-refractivity contribution is 0.0528. The lowest BCUT2D eigenvalue weighted by Crippen LogP contribution is -2.30. The Morgan fingerprint density at radius 1 is 1.17 bits per heavy atom. The molecule has 1 aromatic carbocycles. The number of benzene rings is 1. The Bertz CT molecular complexity index is 1060. The minimum atomic E-state index is -0.482. The Hall–Kier alpha value is -2.45. The molecule has 2 aromatic heterocycles. The number of hydrogen-bond donors (Lipinski definition) is 1. The van der Waals surface area contributed by atoms with Crippen LogP contribution in [-0.4, -0.2) is 41.5 Å². The fraction of sp³-hybridized carbons (Fsp3) is 0.286. The molecule has 2 N–H and O–H groups in total. The zero-order valence-electron chi connectivity index (χ0n) is 16.5. The van der Waals surface area contributed by atoms with Gasteiger partial charge < -0.3 is 15.4 Å². The third kappa shape index (κ3) is 4.13. The maximum atomic E-state index is 12.9. The van der Waals surface area contributed by atoms with Crippen molar-refractivity contribution in [2.45, 2.75) is 20.8 Å². The van der Waals surface area contributed by atoms with Gasteiger partial charge in [0, 0.05) is 28.5 Å². The molecular weight excluding hydrogens is 454 g/mol. The van der Waals surface area contributed by atoms with E-state index in [9.17, 15) is 9.59 Å². The van der Waals surface area contributed by atoms with Crippen molar-refractivity contribution in [2.75, 3.05) is 25.4 Å². The van der Waals surface area contributed by atoms with Crippen molar-refractivity contribution in [2.24, 2.45) is 0 Å². The summed E-state index contributed by atoms with van der Waals surface area (Å²) < 4.78 is 6.18. The highest BCUT2D eigenvalue weighted by Gasteiger charge is 2.26. The molecule has 6 nitrogen and oxygen atoms in total. The van der Waals surface area contributed by atoms with Crippen LogP contribution in [0.2, 0.25) is 0 Å². The van der Waals surface area contributed by atoms with Crippen LogP contribution in [-0.2, 0) is 4.74 Å². The van der Waals surface area contributed by atoms with Crippen molar-refractivity contribution in [1.82, 2.24) is 9.88 Å². The van der Waals surface area contributed by atoms with Crippen LogP contribution in [0.3, 0.4) is 0 Å². The van der Waals surface area contributed by atoms with E-state index in [4.69, 9.17) is 15.5 Å². The first-order valence-electron chi connectivity index (χ1n) is 9.36. The first-order valence-corrected chi connectivity index (χ1v) is 11.0. The number of carbonyl (C=O) groups is 2. The van der Waals surface area contributed by atoms with Crippen LogP contribution < -0.4 is 5.73 Å². The minimum Gasteiger partial charge on any atom is -0.462 e. The summed E-state index contributed by atoms with van der Waals surface area (Å²) in [5.74, 6) is -0.639. The lowest BCUT2D eigenvalue weighted by atomic mass is 10.1. The first-order chi connectivity index (χ1) is 13.9. The number of aromatic nitrogens is 1. The van der Waals surface area contributed by atoms with Crippen molar-refractivity contribution in [3.63, 3.8) is 0 Å². The van der Waals surface area contributed by atoms with E-state index in [1.807, 2.05) is 38.1 Å². The smallest absolute Gasteiger partial charge is 0.338 e. The van der Waals surface area contributed by atoms with E-state index in [-0.39, 0.29) is 18.2 Å². The van der Waals surface area contributed by atoms with Crippen LogP contribution in [0.15, 0.2) is 34.8 Å². The molecule has 0 atom stereocenters. The molecule has 0 unspecified atom stereocenters. The van der Waals surface area contributed by atoms with Gasteiger partial charge in [-0.25, -0.2) is 9.78 Å². The van der Waals surface area contributed by atoms with Crippen LogP contribution in [0.25, 0.3) is 21.5 Å². The quantitative estimate of drug-likeness (QED) is 0.508. The molecule has 0 spiro atoms. The van der Waals surface area contributed by atoms with Gasteiger partial charge in [0.05, 0.1) is 23.6 Å². The zero-order chi connectivity index (χ0) is 21.1. The van der Waals surface area contributed by atoms with Gasteiger partial charge in [-0.3, -0.25) is 4.79 Å². The number of thiophene rings is 1. The van der Waals surface area contributed by atoms with Crippen LogP contribution in [0, 0.1) is 0 Å². The molecular formula is C21H22BrN3O3S. The molecule has 0 radical (unpaired) electrons. The van der Waals surface area contributed by atoms with Crippen molar-refractivity contribution >= 4 is 55.0 Å². The van der Waals surface area contributed by atoms with Gasteiger partial charge in [0.1, 0.15) is 9.71 Å². The number of hydrogen-bond acceptors (Lipinski definition) is 6. The molecule has 1 amide bonds. The summed E-state index contributed by atoms with van der Waals surface area (Å²) >= 11 is 4.63. The second-order valence-corrected chi connectivity index (χ2v) is 8.20. The Morgan fingerprint density at radius 2 is 1.83 bits per heavy atom. The van der Waals surface area contributed by atoms with E-state index in [0.29, 0.717) is 39.4 Å². The van der Waals surface area contributed by atoms with E-state index in [1.54, 1.807) is 17.9 Å². The highest BCUT2D eigenvalue weighted by Crippen LogP contribution is 2.38. The van der Waals surface area contributed by atoms with Gasteiger partial charge in [-0.15, -0.1) is 11.3 Å². The minimum absolute atomic E-state index is 0.157. The lowest BCUT2D eigenvalue weighted by Gasteiger charge is -2.17. The molecule has 0 aliphatic heterocycles. The molecule has 2 heterocycles. The Kier molecular flexibility index (Phi) is 6.54. The maximum Gasteiger partial charge on any atom is 0.338 e. The van der Waals surface area contributed by atoms with Gasteiger partial charge in [0.25, 0.3) is 5.91 Å². The Morgan fingerprint density at radius 3 is 2.41 bits per heavy atom. The highest BCUT2D eigenvalue weighted by atomic mass is 79.9. The molecule has 3 aromatic rings. The molecule has 152 valence electrons. The van der Waals surface area contributed by atoms with Crippen molar-refractivity contribution < 1.29 is 14.3 Å². The van der Waals surface area contributed by atoms with Crippen LogP contribution >= 0.6 is 27.3 Å². The van der Waals surface area contributed by atoms with E-state index in [1.165, 1.54) is 11.3 Å². The molecule has 0 bridgehead atoms. The van der Waals surface area contributed by atoms with Gasteiger partial charge in [-0.2, -0.15) is 0 Å². The fourth-order valence-corrected chi connectivity index (χ4v) is 4.42. The van der Waals surface area contributed by atoms with Crippen molar-refractivity contribution in [1.29, 1.82) is 0 Å². The number of amides is 1. The standard InChI is InChI=1S/C21H22BrN3O3S/c1-4-25(5-2)20(26)18-17(23)16-14(21(27)28-6-3)11-15(24-19(16)29-18)12-7-9-13(22)10-8-12/h7-11H,4-6,23H2,1-3H3. The van der Waals surface area contributed by atoms with Gasteiger partial charge in [0.2, 0.25) is 0 Å². The Balaban J connectivity index is 2.24. The number of carbonyl (C=O) groups excluding carboxylic acids is 2. The van der Waals surface area contributed by atoms with Crippen molar-refractivity contribution in [3.8, 4) is 11.3 Å². The third-order valence-electron chi connectivity index (χ3n) is 4.58. The number of rotatable bonds is 6. The maximum absolute atomic E-state index is 12.9. The number of ether oxygens (including phenoxy) is 1. The van der Waals surface area contributed by atoms with Gasteiger partial charge in [-0.05, 0) is 39.0 Å². The topological polar surface area (TPSA) is 85.5 Å². The predicted octanol–water partition coefficient (Wildman–Crippen LogP) is 4.97. The number of esters is 1. The van der Waals surface area contributed by atoms with E-state index >= 15 is 0 Å². The first kappa shape index (κ1) is 21.3. The zero-order valence-corrected chi connectivity index (χ0v) is 18.9. The van der Waals surface area contributed by atoms with Gasteiger partial charge in [-0.1, -0.05) is 28.1 Å². The van der Waals surface area contributed by atoms with Crippen molar-refractivity contribution in [3.05, 3.63) is 45.2 Å². The van der Waals surface area contributed by atoms with Gasteiger partial charge >= 0.3 is 5.97 Å². The summed E-state index contributed by atoms with van der Waals surface area (Å²) in [6.45, 7) is 6.97. The summed E-state index contributed by atoms with van der Waals surface area (Å²) in [6, 6.07) is 9.31. The number of nitrogen functional groups attached to an aromatic ring is 1. The summed E-state index contributed by atoms with van der Waals surface area (Å²) in [5.41, 5.74) is 8.41. The number of pyridine rings is 1. The van der Waals surface area contributed by atoms with E-state index < -0.39 is 5.97 Å². The molecule has 3 rings (SSSR count). The molecule has 0 fully saturated rings. The predicted molar refractivity (Wildman–Crippen MR) is 120 cm³/mol. The molecule has 0 aliphatic rings. The van der Waals surface area contributed by atoms with E-state index in [0.717, 1.165) is 10.0 Å². The highest BCUT2D eigenvalue weighted by molar-refractivity contribution is 9.10. The largest absolute Gasteiger partial charge is 0.462 e. The number of nitrogens with two attached hydrogens (primary N) is 1. The monoisotopic (exact) mass is 475 g/mol. The number of halogens is 1. The second kappa shape index (κ2) is 8.92. The Labute approximate surface area is 181 Å². The molecule has 0 aliphatic carbocycles. The summed E-state index contributed by atoms with van der Waals surface area (Å²) in [6.07, 6.45) is 0. The van der Waals surface area contributed by atoms with Crippen LogP contribution in [0.5, 0.6) is 0 Å². The SMILES string of the molecule is CCOC(=O)c1cc(-c2ccc(Br)cc2)nc2sc(C(=O)N(CC)CC)c(N)c12. The fourth-order valence-electron chi connectivity index (χ4n) is 3.07. The number of fused-ring (bicyclic) bond motifs is 1. The molecule has 0 saturated heterocycles. The average Bonchev–Trinajstić information content (AvgIpc) is 3.05.